The van der Waals surface area contributed by atoms with Gasteiger partial charge in [-0.25, -0.2) is 0 Å². The molecule has 0 fully saturated rings. The Balaban J connectivity index is 2.30. The van der Waals surface area contributed by atoms with E-state index in [4.69, 9.17) is 16.7 Å². The summed E-state index contributed by atoms with van der Waals surface area (Å²) in [5.74, 6) is -0.875. The molecule has 1 N–H and O–H groups in total. The smallest absolute Gasteiger partial charge is 0.323 e. The predicted molar refractivity (Wildman–Crippen MR) is 82.7 cm³/mol. The van der Waals surface area contributed by atoms with Gasteiger partial charge in [-0.3, -0.25) is 9.48 Å². The second-order valence-corrected chi connectivity index (χ2v) is 5.24. The molecule has 1 aromatic carbocycles. The molecule has 0 spiro atoms. The summed E-state index contributed by atoms with van der Waals surface area (Å²) in [4.78, 5) is 13.0. The average molecular weight is 308 g/mol. The van der Waals surface area contributed by atoms with Crippen LogP contribution in [0.3, 0.4) is 0 Å². The molecule has 5 nitrogen and oxygen atoms in total. The summed E-state index contributed by atoms with van der Waals surface area (Å²) in [6.45, 7) is 4.68. The van der Waals surface area contributed by atoms with Gasteiger partial charge < -0.3 is 10.0 Å². The molecular weight excluding hydrogens is 290 g/mol. The zero-order valence-electron chi connectivity index (χ0n) is 12.0. The van der Waals surface area contributed by atoms with Crippen molar-refractivity contribution < 1.29 is 9.90 Å². The summed E-state index contributed by atoms with van der Waals surface area (Å²) in [6, 6.07) is 7.07. The predicted octanol–water partition coefficient (Wildman–Crippen LogP) is 3.21. The van der Waals surface area contributed by atoms with Gasteiger partial charge in [0.1, 0.15) is 6.54 Å². The highest BCUT2D eigenvalue weighted by Gasteiger charge is 2.20. The summed E-state index contributed by atoms with van der Waals surface area (Å²) < 4.78 is 1.83. The average Bonchev–Trinajstić information content (AvgIpc) is 2.94. The molecule has 112 valence electrons. The van der Waals surface area contributed by atoms with Gasteiger partial charge in [0, 0.05) is 29.0 Å². The van der Waals surface area contributed by atoms with Crippen LogP contribution >= 0.6 is 11.6 Å². The third-order valence-corrected chi connectivity index (χ3v) is 3.64. The second kappa shape index (κ2) is 6.63. The molecule has 6 heteroatoms. The van der Waals surface area contributed by atoms with E-state index in [-0.39, 0.29) is 12.6 Å². The van der Waals surface area contributed by atoms with Crippen molar-refractivity contribution in [3.8, 4) is 0 Å². The van der Waals surface area contributed by atoms with Crippen LogP contribution in [0, 0.1) is 0 Å². The molecule has 2 aromatic rings. The van der Waals surface area contributed by atoms with Crippen LogP contribution in [0.4, 0.5) is 5.69 Å². The van der Waals surface area contributed by atoms with Crippen molar-refractivity contribution in [2.45, 2.75) is 26.4 Å². The molecule has 1 heterocycles. The van der Waals surface area contributed by atoms with Crippen LogP contribution in [0.15, 0.2) is 36.7 Å². The molecule has 21 heavy (non-hydrogen) atoms. The molecule has 0 aliphatic carbocycles. The van der Waals surface area contributed by atoms with Gasteiger partial charge in [-0.1, -0.05) is 11.6 Å². The number of benzene rings is 1. The number of halogens is 1. The summed E-state index contributed by atoms with van der Waals surface area (Å²) in [5.41, 5.74) is 1.80. The Hall–Kier alpha value is -2.01. The fourth-order valence-electron chi connectivity index (χ4n) is 2.18. The molecule has 0 aliphatic heterocycles. The highest BCUT2D eigenvalue weighted by atomic mass is 35.5. The minimum atomic E-state index is -0.875. The van der Waals surface area contributed by atoms with Gasteiger partial charge in [0.05, 0.1) is 12.2 Å². The SMILES string of the molecule is CCn1cc(C(C)N(CC(=O)O)c2ccc(Cl)cc2)cn1. The van der Waals surface area contributed by atoms with Crippen molar-refractivity contribution in [3.05, 3.63) is 47.2 Å². The van der Waals surface area contributed by atoms with Gasteiger partial charge in [-0.2, -0.15) is 5.10 Å². The van der Waals surface area contributed by atoms with Crippen LogP contribution in [-0.2, 0) is 11.3 Å². The number of hydrogen-bond acceptors (Lipinski definition) is 3. The summed E-state index contributed by atoms with van der Waals surface area (Å²) in [6.07, 6.45) is 3.72. The molecule has 0 radical (unpaired) electrons. The van der Waals surface area contributed by atoms with Crippen LogP contribution in [-0.4, -0.2) is 27.4 Å². The molecule has 0 saturated carbocycles. The van der Waals surface area contributed by atoms with Crippen LogP contribution in [0.5, 0.6) is 0 Å². The number of carboxylic acids is 1. The highest BCUT2D eigenvalue weighted by Crippen LogP contribution is 2.27. The highest BCUT2D eigenvalue weighted by molar-refractivity contribution is 6.30. The molecule has 1 atom stereocenters. The Morgan fingerprint density at radius 3 is 2.62 bits per heavy atom. The number of aryl methyl sites for hydroxylation is 1. The zero-order chi connectivity index (χ0) is 15.4. The monoisotopic (exact) mass is 307 g/mol. The van der Waals surface area contributed by atoms with Crippen LogP contribution in [0.2, 0.25) is 5.02 Å². The van der Waals surface area contributed by atoms with Crippen molar-refractivity contribution in [3.63, 3.8) is 0 Å². The Morgan fingerprint density at radius 2 is 2.10 bits per heavy atom. The Kier molecular flexibility index (Phi) is 4.85. The van der Waals surface area contributed by atoms with Gasteiger partial charge in [-0.05, 0) is 38.1 Å². The normalized spacial score (nSPS) is 12.1. The molecule has 0 aliphatic rings. The van der Waals surface area contributed by atoms with Gasteiger partial charge in [0.25, 0.3) is 0 Å². The fourth-order valence-corrected chi connectivity index (χ4v) is 2.30. The lowest BCUT2D eigenvalue weighted by Gasteiger charge is -2.29. The molecular formula is C15H18ClN3O2. The van der Waals surface area contributed by atoms with E-state index in [0.717, 1.165) is 17.8 Å². The number of aromatic nitrogens is 2. The second-order valence-electron chi connectivity index (χ2n) is 4.80. The standard InChI is InChI=1S/C15H18ClN3O2/c1-3-18-9-12(8-17-18)11(2)19(10-15(20)21)14-6-4-13(16)5-7-14/h4-9,11H,3,10H2,1-2H3,(H,20,21). The van der Waals surface area contributed by atoms with Crippen LogP contribution < -0.4 is 4.90 Å². The van der Waals surface area contributed by atoms with E-state index in [1.807, 2.05) is 41.8 Å². The third-order valence-electron chi connectivity index (χ3n) is 3.39. The molecule has 2 rings (SSSR count). The molecule has 0 bridgehead atoms. The Bertz CT molecular complexity index is 610. The van der Waals surface area contributed by atoms with Gasteiger partial charge >= 0.3 is 5.97 Å². The maximum Gasteiger partial charge on any atom is 0.323 e. The number of carboxylic acid groups (broad SMARTS) is 1. The first-order valence-corrected chi connectivity index (χ1v) is 7.15. The molecule has 1 unspecified atom stereocenters. The third kappa shape index (κ3) is 3.76. The largest absolute Gasteiger partial charge is 0.480 e. The number of rotatable bonds is 6. The van der Waals surface area contributed by atoms with Crippen LogP contribution in [0.1, 0.15) is 25.5 Å². The fraction of sp³-hybridized carbons (Fsp3) is 0.333. The topological polar surface area (TPSA) is 58.4 Å². The van der Waals surface area contributed by atoms with Crippen molar-refractivity contribution >= 4 is 23.3 Å². The quantitative estimate of drug-likeness (QED) is 0.890. The van der Waals surface area contributed by atoms with Gasteiger partial charge in [0.15, 0.2) is 0 Å². The summed E-state index contributed by atoms with van der Waals surface area (Å²) >= 11 is 5.89. The van der Waals surface area contributed by atoms with Crippen molar-refractivity contribution in [2.75, 3.05) is 11.4 Å². The summed E-state index contributed by atoms with van der Waals surface area (Å²) in [5, 5.41) is 14.0. The lowest BCUT2D eigenvalue weighted by atomic mass is 10.1. The van der Waals surface area contributed by atoms with E-state index in [1.54, 1.807) is 18.3 Å². The maximum atomic E-state index is 11.2. The van der Waals surface area contributed by atoms with Crippen molar-refractivity contribution in [1.29, 1.82) is 0 Å². The summed E-state index contributed by atoms with van der Waals surface area (Å²) in [7, 11) is 0. The number of nitrogens with zero attached hydrogens (tertiary/aromatic N) is 3. The van der Waals surface area contributed by atoms with Crippen molar-refractivity contribution in [1.82, 2.24) is 9.78 Å². The zero-order valence-corrected chi connectivity index (χ0v) is 12.8. The first-order chi connectivity index (χ1) is 10.0. The first kappa shape index (κ1) is 15.4. The van der Waals surface area contributed by atoms with Crippen LogP contribution in [0.25, 0.3) is 0 Å². The first-order valence-electron chi connectivity index (χ1n) is 6.77. The van der Waals surface area contributed by atoms with Gasteiger partial charge in [-0.15, -0.1) is 0 Å². The number of anilines is 1. The lowest BCUT2D eigenvalue weighted by molar-refractivity contribution is -0.135. The van der Waals surface area contributed by atoms with Gasteiger partial charge in [0.2, 0.25) is 0 Å². The number of aliphatic carboxylic acids is 1. The minimum absolute atomic E-state index is 0.0832. The van der Waals surface area contributed by atoms with E-state index < -0.39 is 5.97 Å². The molecule has 0 amide bonds. The molecule has 0 saturated heterocycles. The van der Waals surface area contributed by atoms with E-state index >= 15 is 0 Å². The minimum Gasteiger partial charge on any atom is -0.480 e. The van der Waals surface area contributed by atoms with E-state index in [0.29, 0.717) is 5.02 Å². The number of carbonyl (C=O) groups is 1. The van der Waals surface area contributed by atoms with E-state index in [2.05, 4.69) is 5.10 Å². The lowest BCUT2D eigenvalue weighted by Crippen LogP contribution is -2.32. The van der Waals surface area contributed by atoms with Crippen molar-refractivity contribution in [2.24, 2.45) is 0 Å². The Morgan fingerprint density at radius 1 is 1.43 bits per heavy atom. The van der Waals surface area contributed by atoms with E-state index in [9.17, 15) is 4.79 Å². The maximum absolute atomic E-state index is 11.2. The number of hydrogen-bond donors (Lipinski definition) is 1. The Labute approximate surface area is 128 Å². The molecule has 1 aromatic heterocycles. The van der Waals surface area contributed by atoms with E-state index in [1.165, 1.54) is 0 Å².